The predicted octanol–water partition coefficient (Wildman–Crippen LogP) is 1.66. The molecule has 0 atom stereocenters. The molecule has 0 aliphatic carbocycles. The summed E-state index contributed by atoms with van der Waals surface area (Å²) in [7, 11) is 1.56. The molecule has 0 spiro atoms. The number of rotatable bonds is 5. The molecule has 0 aliphatic rings. The van der Waals surface area contributed by atoms with Gasteiger partial charge < -0.3 is 14.6 Å². The molecule has 5 nitrogen and oxygen atoms in total. The van der Waals surface area contributed by atoms with Crippen LogP contribution in [-0.4, -0.2) is 36.0 Å². The number of carbonyl (C=O) groups excluding carboxylic acids is 1. The number of ether oxygens (including phenoxy) is 1. The van der Waals surface area contributed by atoms with Crippen LogP contribution in [0.2, 0.25) is 0 Å². The van der Waals surface area contributed by atoms with Crippen molar-refractivity contribution in [1.29, 1.82) is 0 Å². The Morgan fingerprint density at radius 2 is 2.10 bits per heavy atom. The zero-order valence-corrected chi connectivity index (χ0v) is 11.5. The highest BCUT2D eigenvalue weighted by molar-refractivity contribution is 5.93. The van der Waals surface area contributed by atoms with E-state index >= 15 is 0 Å². The molecule has 0 radical (unpaired) electrons. The van der Waals surface area contributed by atoms with Crippen LogP contribution in [0, 0.1) is 5.82 Å². The number of aromatic nitrogens is 1. The van der Waals surface area contributed by atoms with Crippen LogP contribution in [0.1, 0.15) is 10.4 Å². The van der Waals surface area contributed by atoms with Gasteiger partial charge in [-0.05, 0) is 12.1 Å². The van der Waals surface area contributed by atoms with Gasteiger partial charge in [0, 0.05) is 25.5 Å². The minimum atomic E-state index is -0.453. The third-order valence-corrected chi connectivity index (χ3v) is 2.92. The number of benzene rings is 1. The Morgan fingerprint density at radius 1 is 1.33 bits per heavy atom. The Morgan fingerprint density at radius 3 is 2.81 bits per heavy atom. The second-order valence-corrected chi connectivity index (χ2v) is 4.43. The van der Waals surface area contributed by atoms with Crippen molar-refractivity contribution in [2.45, 2.75) is 0 Å². The fraction of sp³-hybridized carbons (Fsp3) is 0.200. The first-order valence-electron chi connectivity index (χ1n) is 6.39. The molecule has 2 rings (SSSR count). The zero-order valence-electron chi connectivity index (χ0n) is 11.5. The molecule has 1 N–H and O–H groups in total. The van der Waals surface area contributed by atoms with Gasteiger partial charge in [-0.1, -0.05) is 12.1 Å². The molecular weight excluding hydrogens is 275 g/mol. The van der Waals surface area contributed by atoms with Crippen molar-refractivity contribution in [2.24, 2.45) is 0 Å². The Labute approximate surface area is 121 Å². The number of amides is 1. The van der Waals surface area contributed by atoms with E-state index in [9.17, 15) is 14.0 Å². The standard InChI is InChI=1S/C15H15FN2O3/c1-18(15(20)11-10-17-7-6-13(11)19)8-9-21-14-5-3-2-4-12(14)16/h2-7,10H,8-9H2,1H3,(H,17,19). The quantitative estimate of drug-likeness (QED) is 0.911. The van der Waals surface area contributed by atoms with Gasteiger partial charge in [0.1, 0.15) is 12.2 Å². The number of H-pyrrole nitrogens is 1. The smallest absolute Gasteiger partial charge is 0.259 e. The van der Waals surface area contributed by atoms with E-state index in [1.54, 1.807) is 19.2 Å². The molecule has 110 valence electrons. The highest BCUT2D eigenvalue weighted by Gasteiger charge is 2.14. The lowest BCUT2D eigenvalue weighted by molar-refractivity contribution is 0.0771. The maximum absolute atomic E-state index is 13.3. The molecule has 1 aromatic heterocycles. The second-order valence-electron chi connectivity index (χ2n) is 4.43. The van der Waals surface area contributed by atoms with Gasteiger partial charge in [0.2, 0.25) is 0 Å². The number of hydrogen-bond acceptors (Lipinski definition) is 3. The molecule has 6 heteroatoms. The summed E-state index contributed by atoms with van der Waals surface area (Å²) in [6, 6.07) is 7.33. The Kier molecular flexibility index (Phi) is 4.71. The summed E-state index contributed by atoms with van der Waals surface area (Å²) in [5.41, 5.74) is -0.286. The normalized spacial score (nSPS) is 10.2. The Hall–Kier alpha value is -2.63. The van der Waals surface area contributed by atoms with Crippen molar-refractivity contribution in [3.8, 4) is 5.75 Å². The molecule has 0 unspecified atom stereocenters. The summed E-state index contributed by atoms with van der Waals surface area (Å²) in [6.45, 7) is 0.370. The number of likely N-dealkylation sites (N-methyl/N-ethyl adjacent to an activating group) is 1. The topological polar surface area (TPSA) is 62.4 Å². The van der Waals surface area contributed by atoms with Gasteiger partial charge in [0.05, 0.1) is 6.54 Å². The molecule has 1 aromatic carbocycles. The van der Waals surface area contributed by atoms with E-state index in [0.29, 0.717) is 0 Å². The number of carbonyl (C=O) groups is 1. The summed E-state index contributed by atoms with van der Waals surface area (Å²) < 4.78 is 18.6. The van der Waals surface area contributed by atoms with Gasteiger partial charge >= 0.3 is 0 Å². The van der Waals surface area contributed by atoms with E-state index in [1.807, 2.05) is 0 Å². The first kappa shape index (κ1) is 14.8. The summed E-state index contributed by atoms with van der Waals surface area (Å²) in [4.78, 5) is 27.7. The maximum Gasteiger partial charge on any atom is 0.259 e. The molecule has 1 heterocycles. The molecule has 2 aromatic rings. The Balaban J connectivity index is 1.92. The molecular formula is C15H15FN2O3. The van der Waals surface area contributed by atoms with Crippen molar-refractivity contribution in [1.82, 2.24) is 9.88 Å². The lowest BCUT2D eigenvalue weighted by Crippen LogP contribution is -2.33. The molecule has 0 fully saturated rings. The second kappa shape index (κ2) is 6.69. The van der Waals surface area contributed by atoms with Gasteiger partial charge in [0.15, 0.2) is 17.0 Å². The fourth-order valence-electron chi connectivity index (χ4n) is 1.74. The van der Waals surface area contributed by atoms with Gasteiger partial charge in [-0.2, -0.15) is 0 Å². The third-order valence-electron chi connectivity index (χ3n) is 2.92. The van der Waals surface area contributed by atoms with Crippen LogP contribution in [0.5, 0.6) is 5.75 Å². The van der Waals surface area contributed by atoms with Crippen molar-refractivity contribution in [3.63, 3.8) is 0 Å². The predicted molar refractivity (Wildman–Crippen MR) is 75.9 cm³/mol. The highest BCUT2D eigenvalue weighted by Crippen LogP contribution is 2.15. The third kappa shape index (κ3) is 3.68. The van der Waals surface area contributed by atoms with Crippen molar-refractivity contribution < 1.29 is 13.9 Å². The number of pyridine rings is 1. The molecule has 0 saturated carbocycles. The van der Waals surface area contributed by atoms with Crippen LogP contribution in [-0.2, 0) is 0 Å². The van der Waals surface area contributed by atoms with Crippen molar-refractivity contribution >= 4 is 5.91 Å². The SMILES string of the molecule is CN(CCOc1ccccc1F)C(=O)c1c[nH]ccc1=O. The minimum absolute atomic E-state index is 0.0610. The van der Waals surface area contributed by atoms with Crippen LogP contribution in [0.15, 0.2) is 47.5 Å². The van der Waals surface area contributed by atoms with E-state index in [2.05, 4.69) is 4.98 Å². The van der Waals surface area contributed by atoms with Crippen molar-refractivity contribution in [2.75, 3.05) is 20.2 Å². The molecule has 0 aliphatic heterocycles. The number of hydrogen-bond donors (Lipinski definition) is 1. The number of para-hydroxylation sites is 1. The van der Waals surface area contributed by atoms with E-state index in [4.69, 9.17) is 4.74 Å². The molecule has 0 bridgehead atoms. The number of aromatic amines is 1. The van der Waals surface area contributed by atoms with E-state index < -0.39 is 11.7 Å². The number of halogens is 1. The fourth-order valence-corrected chi connectivity index (χ4v) is 1.74. The first-order chi connectivity index (χ1) is 10.1. The average Bonchev–Trinajstić information content (AvgIpc) is 2.49. The highest BCUT2D eigenvalue weighted by atomic mass is 19.1. The van der Waals surface area contributed by atoms with Crippen LogP contribution in [0.25, 0.3) is 0 Å². The summed E-state index contributed by atoms with van der Waals surface area (Å²) in [5.74, 6) is -0.726. The van der Waals surface area contributed by atoms with E-state index in [0.717, 1.165) is 0 Å². The molecule has 21 heavy (non-hydrogen) atoms. The van der Waals surface area contributed by atoms with Gasteiger partial charge in [0.25, 0.3) is 5.91 Å². The summed E-state index contributed by atoms with van der Waals surface area (Å²) in [6.07, 6.45) is 2.82. The molecule has 1 amide bonds. The van der Waals surface area contributed by atoms with Gasteiger partial charge in [-0.15, -0.1) is 0 Å². The van der Waals surface area contributed by atoms with Crippen LogP contribution >= 0.6 is 0 Å². The maximum atomic E-state index is 13.3. The van der Waals surface area contributed by atoms with E-state index in [-0.39, 0.29) is 29.9 Å². The number of nitrogens with zero attached hydrogens (tertiary/aromatic N) is 1. The summed E-state index contributed by atoms with van der Waals surface area (Å²) >= 11 is 0. The monoisotopic (exact) mass is 290 g/mol. The average molecular weight is 290 g/mol. The van der Waals surface area contributed by atoms with Crippen LogP contribution < -0.4 is 10.2 Å². The zero-order chi connectivity index (χ0) is 15.2. The number of nitrogens with one attached hydrogen (secondary N) is 1. The Bertz CT molecular complexity index is 684. The summed E-state index contributed by atoms with van der Waals surface area (Å²) in [5, 5.41) is 0. The van der Waals surface area contributed by atoms with Crippen LogP contribution in [0.4, 0.5) is 4.39 Å². The minimum Gasteiger partial charge on any atom is -0.489 e. The first-order valence-corrected chi connectivity index (χ1v) is 6.39. The van der Waals surface area contributed by atoms with Gasteiger partial charge in [-0.3, -0.25) is 9.59 Å². The van der Waals surface area contributed by atoms with Crippen LogP contribution in [0.3, 0.4) is 0 Å². The lowest BCUT2D eigenvalue weighted by atomic mass is 10.2. The lowest BCUT2D eigenvalue weighted by Gasteiger charge is -2.17. The van der Waals surface area contributed by atoms with Crippen molar-refractivity contribution in [3.05, 3.63) is 64.3 Å². The molecule has 0 saturated heterocycles. The van der Waals surface area contributed by atoms with E-state index in [1.165, 1.54) is 35.5 Å². The largest absolute Gasteiger partial charge is 0.489 e. The van der Waals surface area contributed by atoms with Gasteiger partial charge in [-0.25, -0.2) is 4.39 Å².